The molecule has 1 spiro atoms. The lowest BCUT2D eigenvalue weighted by molar-refractivity contribution is 0.0633. The van der Waals surface area contributed by atoms with Gasteiger partial charge in [0, 0.05) is 35.0 Å². The summed E-state index contributed by atoms with van der Waals surface area (Å²) in [5.41, 5.74) is 1.56. The van der Waals surface area contributed by atoms with E-state index in [4.69, 9.17) is 4.98 Å². The number of nitrogens with one attached hydrogen (secondary N) is 1. The zero-order chi connectivity index (χ0) is 20.1. The number of likely N-dealkylation sites (tertiary alicyclic amines) is 1. The number of aromatic nitrogens is 2. The molecule has 1 saturated heterocycles. The molecule has 0 saturated carbocycles. The number of hydrogen-bond donors (Lipinski definition) is 1. The molecule has 148 valence electrons. The Balaban J connectivity index is 1.69. The Labute approximate surface area is 164 Å². The highest BCUT2D eigenvalue weighted by Crippen LogP contribution is 2.43. The van der Waals surface area contributed by atoms with Gasteiger partial charge in [0.25, 0.3) is 11.5 Å². The third-order valence-electron chi connectivity index (χ3n) is 6.04. The van der Waals surface area contributed by atoms with Crippen molar-refractivity contribution < 1.29 is 9.18 Å². The summed E-state index contributed by atoms with van der Waals surface area (Å²) in [4.78, 5) is 35.3. The van der Waals surface area contributed by atoms with Crippen molar-refractivity contribution in [3.05, 3.63) is 63.1 Å². The molecule has 2 heterocycles. The molecule has 6 heteroatoms. The van der Waals surface area contributed by atoms with Crippen LogP contribution in [0.2, 0.25) is 0 Å². The van der Waals surface area contributed by atoms with Crippen molar-refractivity contribution in [2.24, 2.45) is 0 Å². The standard InChI is InChI=1S/C22H26FN3O2/c1-21(2,3)20-24-17-16(18(27)25-20)9-11-22(17)10-4-12-26(13-22)19(28)14-5-7-15(23)8-6-14/h5-8H,4,9-13H2,1-3H3,(H,24,25,27). The molecule has 0 bridgehead atoms. The topological polar surface area (TPSA) is 66.1 Å². The van der Waals surface area contributed by atoms with E-state index < -0.39 is 0 Å². The van der Waals surface area contributed by atoms with Crippen LogP contribution in [0.1, 0.15) is 67.5 Å². The highest BCUT2D eigenvalue weighted by molar-refractivity contribution is 5.94. The molecule has 1 aromatic heterocycles. The molecule has 1 amide bonds. The van der Waals surface area contributed by atoms with Crippen LogP contribution < -0.4 is 5.56 Å². The van der Waals surface area contributed by atoms with Crippen molar-refractivity contribution in [1.82, 2.24) is 14.9 Å². The van der Waals surface area contributed by atoms with Gasteiger partial charge in [0.15, 0.2) is 0 Å². The lowest BCUT2D eigenvalue weighted by atomic mass is 9.77. The summed E-state index contributed by atoms with van der Waals surface area (Å²) in [6.45, 7) is 7.32. The number of piperidine rings is 1. The third kappa shape index (κ3) is 3.15. The summed E-state index contributed by atoms with van der Waals surface area (Å²) in [5, 5.41) is 0. The van der Waals surface area contributed by atoms with E-state index in [0.717, 1.165) is 30.5 Å². The van der Waals surface area contributed by atoms with Crippen molar-refractivity contribution in [3.63, 3.8) is 0 Å². The predicted octanol–water partition coefficient (Wildman–Crippen LogP) is 3.33. The van der Waals surface area contributed by atoms with Gasteiger partial charge in [-0.3, -0.25) is 9.59 Å². The number of aromatic amines is 1. The molecule has 1 fully saturated rings. The van der Waals surface area contributed by atoms with Crippen LogP contribution in [0, 0.1) is 5.82 Å². The van der Waals surface area contributed by atoms with Crippen LogP contribution in [0.3, 0.4) is 0 Å². The van der Waals surface area contributed by atoms with Crippen LogP contribution in [0.25, 0.3) is 0 Å². The second kappa shape index (κ2) is 6.54. The Hall–Kier alpha value is -2.50. The molecule has 5 nitrogen and oxygen atoms in total. The van der Waals surface area contributed by atoms with E-state index in [1.807, 2.05) is 25.7 Å². The molecule has 2 aromatic rings. The van der Waals surface area contributed by atoms with Gasteiger partial charge in [0.05, 0.1) is 5.69 Å². The van der Waals surface area contributed by atoms with Crippen molar-refractivity contribution in [3.8, 4) is 0 Å². The minimum atomic E-state index is -0.352. The molecule has 1 aliphatic heterocycles. The molecule has 1 unspecified atom stereocenters. The van der Waals surface area contributed by atoms with Gasteiger partial charge in [0.2, 0.25) is 0 Å². The van der Waals surface area contributed by atoms with E-state index >= 15 is 0 Å². The minimum absolute atomic E-state index is 0.0474. The first kappa shape index (κ1) is 18.8. The first-order chi connectivity index (χ1) is 13.2. The highest BCUT2D eigenvalue weighted by atomic mass is 19.1. The molecule has 2 aliphatic rings. The Bertz CT molecular complexity index is 975. The number of hydrogen-bond acceptors (Lipinski definition) is 3. The van der Waals surface area contributed by atoms with Gasteiger partial charge in [-0.05, 0) is 49.9 Å². The number of rotatable bonds is 1. The fourth-order valence-electron chi connectivity index (χ4n) is 4.48. The van der Waals surface area contributed by atoms with Gasteiger partial charge in [-0.25, -0.2) is 9.37 Å². The average Bonchev–Trinajstić information content (AvgIpc) is 3.00. The molecular weight excluding hydrogens is 357 g/mol. The largest absolute Gasteiger partial charge is 0.338 e. The van der Waals surface area contributed by atoms with Crippen LogP contribution in [-0.4, -0.2) is 33.9 Å². The summed E-state index contributed by atoms with van der Waals surface area (Å²) in [6, 6.07) is 5.69. The number of H-pyrrole nitrogens is 1. The summed E-state index contributed by atoms with van der Waals surface area (Å²) in [7, 11) is 0. The number of carbonyl (C=O) groups excluding carboxylic acids is 1. The molecule has 1 atom stereocenters. The number of benzene rings is 1. The Morgan fingerprint density at radius 3 is 2.61 bits per heavy atom. The first-order valence-electron chi connectivity index (χ1n) is 9.89. The fraction of sp³-hybridized carbons (Fsp3) is 0.500. The van der Waals surface area contributed by atoms with Gasteiger partial charge in [0.1, 0.15) is 11.6 Å². The van der Waals surface area contributed by atoms with E-state index in [9.17, 15) is 14.0 Å². The Morgan fingerprint density at radius 1 is 1.21 bits per heavy atom. The molecular formula is C22H26FN3O2. The predicted molar refractivity (Wildman–Crippen MR) is 105 cm³/mol. The lowest BCUT2D eigenvalue weighted by Gasteiger charge is -2.40. The highest BCUT2D eigenvalue weighted by Gasteiger charge is 2.46. The number of halogens is 1. The van der Waals surface area contributed by atoms with Crippen LogP contribution in [-0.2, 0) is 17.3 Å². The molecule has 28 heavy (non-hydrogen) atoms. The first-order valence-corrected chi connectivity index (χ1v) is 9.89. The van der Waals surface area contributed by atoms with Crippen LogP contribution in [0.5, 0.6) is 0 Å². The smallest absolute Gasteiger partial charge is 0.254 e. The van der Waals surface area contributed by atoms with Crippen molar-refractivity contribution in [2.75, 3.05) is 13.1 Å². The molecule has 0 radical (unpaired) electrons. The van der Waals surface area contributed by atoms with E-state index in [0.29, 0.717) is 30.9 Å². The zero-order valence-electron chi connectivity index (χ0n) is 16.6. The fourth-order valence-corrected chi connectivity index (χ4v) is 4.48. The van der Waals surface area contributed by atoms with E-state index in [2.05, 4.69) is 4.98 Å². The van der Waals surface area contributed by atoms with E-state index in [1.165, 1.54) is 24.3 Å². The Morgan fingerprint density at radius 2 is 1.93 bits per heavy atom. The monoisotopic (exact) mass is 383 g/mol. The van der Waals surface area contributed by atoms with Gasteiger partial charge in [-0.1, -0.05) is 20.8 Å². The Kier molecular flexibility index (Phi) is 4.40. The summed E-state index contributed by atoms with van der Waals surface area (Å²) >= 11 is 0. The average molecular weight is 383 g/mol. The number of fused-ring (bicyclic) bond motifs is 2. The summed E-state index contributed by atoms with van der Waals surface area (Å²) in [6.07, 6.45) is 3.32. The van der Waals surface area contributed by atoms with Gasteiger partial charge in [-0.2, -0.15) is 0 Å². The molecule has 1 aromatic carbocycles. The minimum Gasteiger partial charge on any atom is -0.338 e. The number of nitrogens with zero attached hydrogens (tertiary/aromatic N) is 2. The maximum Gasteiger partial charge on any atom is 0.254 e. The van der Waals surface area contributed by atoms with Crippen molar-refractivity contribution >= 4 is 5.91 Å². The number of carbonyl (C=O) groups is 1. The van der Waals surface area contributed by atoms with Gasteiger partial charge < -0.3 is 9.88 Å². The van der Waals surface area contributed by atoms with Gasteiger partial charge >= 0.3 is 0 Å². The van der Waals surface area contributed by atoms with Crippen LogP contribution >= 0.6 is 0 Å². The lowest BCUT2D eigenvalue weighted by Crippen LogP contribution is -2.48. The number of amides is 1. The molecule has 4 rings (SSSR count). The maximum absolute atomic E-state index is 13.2. The van der Waals surface area contributed by atoms with Crippen molar-refractivity contribution in [2.45, 2.75) is 57.3 Å². The normalized spacial score (nSPS) is 21.8. The zero-order valence-corrected chi connectivity index (χ0v) is 16.6. The van der Waals surface area contributed by atoms with Crippen molar-refractivity contribution in [1.29, 1.82) is 0 Å². The second-order valence-electron chi connectivity index (χ2n) is 9.11. The third-order valence-corrected chi connectivity index (χ3v) is 6.04. The SMILES string of the molecule is CC(C)(C)c1nc2c(c(=O)[nH]1)CCC21CCCN(C(=O)c2ccc(F)cc2)C1. The van der Waals surface area contributed by atoms with Crippen LogP contribution in [0.4, 0.5) is 4.39 Å². The molecule has 1 aliphatic carbocycles. The van der Waals surface area contributed by atoms with E-state index in [-0.39, 0.29) is 28.1 Å². The van der Waals surface area contributed by atoms with Crippen LogP contribution in [0.15, 0.2) is 29.1 Å². The second-order valence-corrected chi connectivity index (χ2v) is 9.11. The summed E-state index contributed by atoms with van der Waals surface area (Å²) in [5.74, 6) is 0.252. The summed E-state index contributed by atoms with van der Waals surface area (Å²) < 4.78 is 13.2. The van der Waals surface area contributed by atoms with E-state index in [1.54, 1.807) is 0 Å². The van der Waals surface area contributed by atoms with Gasteiger partial charge in [-0.15, -0.1) is 0 Å². The maximum atomic E-state index is 13.2. The molecule has 1 N–H and O–H groups in total. The quantitative estimate of drug-likeness (QED) is 0.821.